The highest BCUT2D eigenvalue weighted by atomic mass is 16.4. The van der Waals surface area contributed by atoms with Crippen LogP contribution in [0.25, 0.3) is 0 Å². The molecule has 108 valence electrons. The Labute approximate surface area is 122 Å². The molecule has 6 heteroatoms. The molecule has 0 saturated heterocycles. The number of aliphatic hydroxyl groups excluding tert-OH is 1. The molecule has 0 unspecified atom stereocenters. The van der Waals surface area contributed by atoms with Gasteiger partial charge in [0.25, 0.3) is 5.91 Å². The van der Waals surface area contributed by atoms with Gasteiger partial charge < -0.3 is 14.8 Å². The van der Waals surface area contributed by atoms with Gasteiger partial charge in [-0.25, -0.2) is 9.97 Å². The van der Waals surface area contributed by atoms with E-state index in [1.807, 2.05) is 6.92 Å². The van der Waals surface area contributed by atoms with Crippen LogP contribution in [0.15, 0.2) is 28.9 Å². The minimum atomic E-state index is -0.367. The van der Waals surface area contributed by atoms with Crippen LogP contribution in [0.1, 0.15) is 34.6 Å². The van der Waals surface area contributed by atoms with Gasteiger partial charge in [0.05, 0.1) is 18.3 Å². The van der Waals surface area contributed by atoms with Gasteiger partial charge in [-0.3, -0.25) is 4.79 Å². The summed E-state index contributed by atoms with van der Waals surface area (Å²) in [6, 6.07) is 3.35. The first-order valence-corrected chi connectivity index (χ1v) is 6.51. The minimum absolute atomic E-state index is 0.183. The third-order valence-electron chi connectivity index (χ3n) is 2.67. The minimum Gasteiger partial charge on any atom is -0.444 e. The van der Waals surface area contributed by atoms with E-state index < -0.39 is 0 Å². The summed E-state index contributed by atoms with van der Waals surface area (Å²) < 4.78 is 5.41. The molecule has 2 heterocycles. The first-order valence-electron chi connectivity index (χ1n) is 6.51. The molecule has 0 fully saturated rings. The molecule has 0 aliphatic carbocycles. The quantitative estimate of drug-likeness (QED) is 0.815. The van der Waals surface area contributed by atoms with Crippen molar-refractivity contribution in [3.63, 3.8) is 0 Å². The van der Waals surface area contributed by atoms with Crippen LogP contribution in [0, 0.1) is 11.8 Å². The van der Waals surface area contributed by atoms with E-state index in [9.17, 15) is 4.79 Å². The summed E-state index contributed by atoms with van der Waals surface area (Å²) in [6.07, 6.45) is 3.90. The second-order valence-corrected chi connectivity index (χ2v) is 4.12. The highest BCUT2D eigenvalue weighted by Crippen LogP contribution is 2.06. The topological polar surface area (TPSA) is 88.2 Å². The smallest absolute Gasteiger partial charge is 0.271 e. The van der Waals surface area contributed by atoms with E-state index in [0.29, 0.717) is 11.5 Å². The van der Waals surface area contributed by atoms with Gasteiger partial charge >= 0.3 is 0 Å². The molecule has 0 spiro atoms. The van der Waals surface area contributed by atoms with Gasteiger partial charge in [-0.15, -0.1) is 0 Å². The third-order valence-corrected chi connectivity index (χ3v) is 2.67. The summed E-state index contributed by atoms with van der Waals surface area (Å²) in [5.74, 6) is 6.04. The fourth-order valence-corrected chi connectivity index (χ4v) is 1.65. The molecule has 0 saturated carbocycles. The van der Waals surface area contributed by atoms with Crippen molar-refractivity contribution in [2.75, 3.05) is 6.61 Å². The average Bonchev–Trinajstić information content (AvgIpc) is 2.99. The van der Waals surface area contributed by atoms with E-state index in [1.54, 1.807) is 18.3 Å². The number of nitrogens with one attached hydrogen (secondary N) is 1. The number of amides is 1. The van der Waals surface area contributed by atoms with Gasteiger partial charge in [0.15, 0.2) is 0 Å². The standard InChI is InChI=1S/C15H15N3O3/c1-2-12-9-17-13(21-12)10-18-15(20)14-11(6-4-8-19)5-3-7-16-14/h3,5,7,9,19H,2,8,10H2,1H3,(H,18,20). The largest absolute Gasteiger partial charge is 0.444 e. The monoisotopic (exact) mass is 285 g/mol. The zero-order valence-electron chi connectivity index (χ0n) is 11.6. The number of hydrogen-bond acceptors (Lipinski definition) is 5. The molecule has 0 aliphatic heterocycles. The van der Waals surface area contributed by atoms with Gasteiger partial charge in [0, 0.05) is 12.6 Å². The summed E-state index contributed by atoms with van der Waals surface area (Å²) in [7, 11) is 0. The van der Waals surface area contributed by atoms with Crippen LogP contribution in [-0.4, -0.2) is 27.6 Å². The summed E-state index contributed by atoms with van der Waals surface area (Å²) in [6.45, 7) is 1.87. The predicted molar refractivity (Wildman–Crippen MR) is 75.3 cm³/mol. The normalized spacial score (nSPS) is 9.81. The number of pyridine rings is 1. The van der Waals surface area contributed by atoms with E-state index in [1.165, 1.54) is 6.20 Å². The Kier molecular flexibility index (Phi) is 5.07. The molecule has 2 aromatic rings. The number of carbonyl (C=O) groups excluding carboxylic acids is 1. The van der Waals surface area contributed by atoms with Crippen LogP contribution in [-0.2, 0) is 13.0 Å². The summed E-state index contributed by atoms with van der Waals surface area (Å²) in [4.78, 5) is 20.2. The Balaban J connectivity index is 2.06. The molecule has 21 heavy (non-hydrogen) atoms. The van der Waals surface area contributed by atoms with Crippen molar-refractivity contribution in [2.24, 2.45) is 0 Å². The molecule has 0 bridgehead atoms. The molecule has 2 rings (SSSR count). The zero-order valence-corrected chi connectivity index (χ0v) is 11.6. The van der Waals surface area contributed by atoms with Gasteiger partial charge in [-0.1, -0.05) is 18.8 Å². The van der Waals surface area contributed by atoms with Crippen molar-refractivity contribution >= 4 is 5.91 Å². The number of carbonyl (C=O) groups is 1. The summed E-state index contributed by atoms with van der Waals surface area (Å²) >= 11 is 0. The molecule has 2 N–H and O–H groups in total. The van der Waals surface area contributed by atoms with E-state index in [0.717, 1.165) is 12.2 Å². The lowest BCUT2D eigenvalue weighted by molar-refractivity contribution is 0.0942. The summed E-state index contributed by atoms with van der Waals surface area (Å²) in [5.41, 5.74) is 0.673. The third kappa shape index (κ3) is 3.91. The van der Waals surface area contributed by atoms with Gasteiger partial charge in [0.2, 0.25) is 5.89 Å². The van der Waals surface area contributed by atoms with E-state index in [2.05, 4.69) is 27.1 Å². The van der Waals surface area contributed by atoms with Crippen LogP contribution < -0.4 is 5.32 Å². The number of aromatic nitrogens is 2. The van der Waals surface area contributed by atoms with Crippen LogP contribution in [0.3, 0.4) is 0 Å². The molecule has 0 aromatic carbocycles. The Bertz CT molecular complexity index is 683. The van der Waals surface area contributed by atoms with Crippen LogP contribution in [0.2, 0.25) is 0 Å². The van der Waals surface area contributed by atoms with Crippen molar-refractivity contribution in [3.05, 3.63) is 47.4 Å². The summed E-state index contributed by atoms with van der Waals surface area (Å²) in [5, 5.41) is 11.4. The number of aliphatic hydroxyl groups is 1. The number of nitrogens with zero attached hydrogens (tertiary/aromatic N) is 2. The van der Waals surface area contributed by atoms with E-state index >= 15 is 0 Å². The zero-order chi connectivity index (χ0) is 15.1. The molecule has 0 atom stereocenters. The Morgan fingerprint density at radius 3 is 3.05 bits per heavy atom. The lowest BCUT2D eigenvalue weighted by Gasteiger charge is -2.04. The number of rotatable bonds is 4. The second-order valence-electron chi connectivity index (χ2n) is 4.12. The lowest BCUT2D eigenvalue weighted by atomic mass is 10.2. The van der Waals surface area contributed by atoms with Crippen LogP contribution in [0.5, 0.6) is 0 Å². The lowest BCUT2D eigenvalue weighted by Crippen LogP contribution is -2.24. The Morgan fingerprint density at radius 1 is 1.48 bits per heavy atom. The van der Waals surface area contributed by atoms with E-state index in [-0.39, 0.29) is 24.8 Å². The Morgan fingerprint density at radius 2 is 2.33 bits per heavy atom. The predicted octanol–water partition coefficient (Wildman–Crippen LogP) is 0.906. The molecule has 1 amide bonds. The van der Waals surface area contributed by atoms with Crippen molar-refractivity contribution in [2.45, 2.75) is 19.9 Å². The van der Waals surface area contributed by atoms with Gasteiger partial charge in [-0.05, 0) is 12.1 Å². The van der Waals surface area contributed by atoms with Crippen molar-refractivity contribution in [1.29, 1.82) is 0 Å². The van der Waals surface area contributed by atoms with Crippen LogP contribution in [0.4, 0.5) is 0 Å². The molecule has 6 nitrogen and oxygen atoms in total. The SMILES string of the molecule is CCc1cnc(CNC(=O)c2ncccc2C#CCO)o1. The fraction of sp³-hybridized carbons (Fsp3) is 0.267. The number of oxazole rings is 1. The van der Waals surface area contributed by atoms with Crippen molar-refractivity contribution < 1.29 is 14.3 Å². The first-order chi connectivity index (χ1) is 10.2. The van der Waals surface area contributed by atoms with Gasteiger partial charge in [0.1, 0.15) is 18.1 Å². The molecule has 0 radical (unpaired) electrons. The highest BCUT2D eigenvalue weighted by molar-refractivity contribution is 5.94. The molecule has 0 aliphatic rings. The maximum atomic E-state index is 12.1. The maximum Gasteiger partial charge on any atom is 0.271 e. The molecular formula is C15H15N3O3. The first kappa shape index (κ1) is 14.8. The van der Waals surface area contributed by atoms with Crippen molar-refractivity contribution in [3.8, 4) is 11.8 Å². The second kappa shape index (κ2) is 7.22. The number of aryl methyl sites for hydroxylation is 1. The van der Waals surface area contributed by atoms with E-state index in [4.69, 9.17) is 9.52 Å². The van der Waals surface area contributed by atoms with Crippen LogP contribution >= 0.6 is 0 Å². The number of hydrogen-bond donors (Lipinski definition) is 2. The highest BCUT2D eigenvalue weighted by Gasteiger charge is 2.12. The Hall–Kier alpha value is -2.65. The van der Waals surface area contributed by atoms with Crippen molar-refractivity contribution in [1.82, 2.24) is 15.3 Å². The molecule has 2 aromatic heterocycles. The fourth-order valence-electron chi connectivity index (χ4n) is 1.65. The average molecular weight is 285 g/mol. The maximum absolute atomic E-state index is 12.1. The van der Waals surface area contributed by atoms with Gasteiger partial charge in [-0.2, -0.15) is 0 Å². The molecular weight excluding hydrogens is 270 g/mol.